The summed E-state index contributed by atoms with van der Waals surface area (Å²) in [6.45, 7) is 8.19. The molecule has 24 heavy (non-hydrogen) atoms. The highest BCUT2D eigenvalue weighted by Crippen LogP contribution is 2.37. The Kier molecular flexibility index (Phi) is 4.81. The number of aliphatic hydroxyl groups excluding tert-OH is 1. The lowest BCUT2D eigenvalue weighted by Gasteiger charge is -2.36. The van der Waals surface area contributed by atoms with E-state index in [0.717, 1.165) is 11.1 Å². The minimum atomic E-state index is -0.800. The van der Waals surface area contributed by atoms with Gasteiger partial charge in [-0.15, -0.1) is 0 Å². The monoisotopic (exact) mass is 356 g/mol. The van der Waals surface area contributed by atoms with Crippen LogP contribution in [0.4, 0.5) is 0 Å². The van der Waals surface area contributed by atoms with Crippen LogP contribution in [0.5, 0.6) is 0 Å². The fourth-order valence-corrected chi connectivity index (χ4v) is 4.76. The Hall–Kier alpha value is -1.62. The first-order valence-electron chi connectivity index (χ1n) is 7.82. The number of hydrogen-bond acceptors (Lipinski definition) is 3. The van der Waals surface area contributed by atoms with E-state index in [2.05, 4.69) is 0 Å². The fourth-order valence-electron chi connectivity index (χ4n) is 2.97. The van der Waals surface area contributed by atoms with Gasteiger partial charge in [0.1, 0.15) is 6.10 Å². The van der Waals surface area contributed by atoms with Gasteiger partial charge in [0.15, 0.2) is 0 Å². The van der Waals surface area contributed by atoms with E-state index in [9.17, 15) is 10.2 Å². The number of rotatable bonds is 2. The van der Waals surface area contributed by atoms with Gasteiger partial charge >= 0.3 is 0 Å². The lowest BCUT2D eigenvalue weighted by atomic mass is 9.84. The second kappa shape index (κ2) is 6.71. The number of allylic oxidation sites excluding steroid dienone is 5. The third-order valence-electron chi connectivity index (χ3n) is 3.88. The molecule has 3 rings (SSSR count). The van der Waals surface area contributed by atoms with Crippen molar-refractivity contribution >= 4 is 29.2 Å². The normalized spacial score (nSPS) is 22.3. The molecule has 1 N–H and O–H groups in total. The highest BCUT2D eigenvalue weighted by atomic mass is 32.2. The van der Waals surface area contributed by atoms with Gasteiger partial charge in [0.2, 0.25) is 21.1 Å². The first-order chi connectivity index (χ1) is 11.3. The van der Waals surface area contributed by atoms with E-state index in [4.69, 9.17) is 0 Å². The topological polar surface area (TPSA) is 43.3 Å². The van der Waals surface area contributed by atoms with Crippen LogP contribution in [-0.4, -0.2) is 11.2 Å². The van der Waals surface area contributed by atoms with Crippen LogP contribution in [-0.2, 0) is 0 Å². The molecule has 0 bridgehead atoms. The smallest absolute Gasteiger partial charge is 0.217 e. The first kappa shape index (κ1) is 17.2. The molecule has 1 unspecified atom stereocenters. The van der Waals surface area contributed by atoms with Crippen molar-refractivity contribution in [1.29, 1.82) is 0 Å². The Balaban J connectivity index is 1.93. The quantitative estimate of drug-likeness (QED) is 0.794. The van der Waals surface area contributed by atoms with Crippen molar-refractivity contribution in [3.8, 4) is 0 Å². The Morgan fingerprint density at radius 2 is 1.62 bits per heavy atom. The Bertz CT molecular complexity index is 814. The summed E-state index contributed by atoms with van der Waals surface area (Å²) in [5.41, 5.74) is 2.89. The van der Waals surface area contributed by atoms with Crippen molar-refractivity contribution in [3.05, 3.63) is 78.0 Å². The average molecular weight is 357 g/mol. The molecule has 124 valence electrons. The molecule has 2 nitrogen and oxygen atoms in total. The van der Waals surface area contributed by atoms with Crippen LogP contribution in [0.15, 0.2) is 62.6 Å². The lowest BCUT2D eigenvalue weighted by molar-refractivity contribution is -0.305. The summed E-state index contributed by atoms with van der Waals surface area (Å²) in [6, 6.07) is 4.08. The summed E-state index contributed by atoms with van der Waals surface area (Å²) in [5.74, 6) is -0.0619. The van der Waals surface area contributed by atoms with Gasteiger partial charge < -0.3 is 10.2 Å². The molecule has 0 amide bonds. The van der Waals surface area contributed by atoms with Crippen molar-refractivity contribution in [2.24, 2.45) is 0 Å². The molecule has 0 spiro atoms. The summed E-state index contributed by atoms with van der Waals surface area (Å²) in [7, 11) is 0. The predicted octanol–water partition coefficient (Wildman–Crippen LogP) is 4.50. The fraction of sp³-hybridized carbons (Fsp3) is 0.250. The molecule has 1 aromatic heterocycles. The maximum absolute atomic E-state index is 12.4. The minimum Gasteiger partial charge on any atom is -0.872 e. The van der Waals surface area contributed by atoms with E-state index < -0.39 is 6.10 Å². The van der Waals surface area contributed by atoms with Crippen LogP contribution in [0.2, 0.25) is 0 Å². The summed E-state index contributed by atoms with van der Waals surface area (Å²) < 4.78 is 0. The zero-order valence-electron chi connectivity index (χ0n) is 14.2. The van der Waals surface area contributed by atoms with Gasteiger partial charge in [-0.3, -0.25) is 0 Å². The first-order valence-corrected chi connectivity index (χ1v) is 9.45. The van der Waals surface area contributed by atoms with E-state index in [1.54, 1.807) is 35.3 Å². The average Bonchev–Trinajstić information content (AvgIpc) is 2.48. The molecule has 1 aliphatic heterocycles. The largest absolute Gasteiger partial charge is 0.872 e. The Labute approximate surface area is 151 Å². The van der Waals surface area contributed by atoms with Crippen molar-refractivity contribution in [3.63, 3.8) is 0 Å². The highest BCUT2D eigenvalue weighted by Gasteiger charge is 2.26. The van der Waals surface area contributed by atoms with Gasteiger partial charge in [-0.1, -0.05) is 17.5 Å². The van der Waals surface area contributed by atoms with Crippen molar-refractivity contribution in [2.45, 2.75) is 33.8 Å². The predicted molar refractivity (Wildman–Crippen MR) is 102 cm³/mol. The van der Waals surface area contributed by atoms with E-state index in [1.807, 2.05) is 52.0 Å². The molecule has 0 radical (unpaired) electrons. The van der Waals surface area contributed by atoms with E-state index in [1.165, 1.54) is 19.6 Å². The van der Waals surface area contributed by atoms with Gasteiger partial charge in [-0.05, 0) is 70.2 Å². The molecule has 0 aromatic carbocycles. The molecule has 1 atom stereocenters. The molecule has 0 saturated heterocycles. The van der Waals surface area contributed by atoms with Gasteiger partial charge in [-0.2, -0.15) is 0 Å². The second-order valence-corrected chi connectivity index (χ2v) is 9.14. The number of aliphatic hydroxyl groups is 1. The molecule has 2 aliphatic rings. The second-order valence-electron chi connectivity index (χ2n) is 6.16. The van der Waals surface area contributed by atoms with Crippen LogP contribution in [0.25, 0.3) is 6.08 Å². The number of thioether (sulfide) groups is 1. The SMILES string of the molecule is CC1=CC(=CC2=C([O-])C(=Cc3cc(C)[s+]c(C)c3)C2O)C=C(C)S1. The van der Waals surface area contributed by atoms with E-state index in [-0.39, 0.29) is 5.76 Å². The number of hydrogen-bond donors (Lipinski definition) is 1. The zero-order chi connectivity index (χ0) is 17.4. The van der Waals surface area contributed by atoms with Gasteiger partial charge in [0.25, 0.3) is 0 Å². The number of aryl methyl sites for hydroxylation is 2. The molecule has 4 heteroatoms. The van der Waals surface area contributed by atoms with E-state index in [0.29, 0.717) is 11.1 Å². The third kappa shape index (κ3) is 3.56. The van der Waals surface area contributed by atoms with Gasteiger partial charge in [0, 0.05) is 26.0 Å². The standard InChI is InChI=1S/C20H20O2S2/c1-11-5-15(6-12(2)23-11)9-17-19(21)18(20(17)22)10-16-7-13(3)24-14(4)8-16/h5-10,19,21H,1-4H3. The lowest BCUT2D eigenvalue weighted by Crippen LogP contribution is -2.33. The summed E-state index contributed by atoms with van der Waals surface area (Å²) in [5, 5.41) is 22.8. The molecule has 1 aromatic rings. The van der Waals surface area contributed by atoms with Crippen LogP contribution in [0.3, 0.4) is 0 Å². The van der Waals surface area contributed by atoms with Crippen LogP contribution in [0, 0.1) is 13.8 Å². The molecule has 2 heterocycles. The molecular formula is C20H20O2S2. The molecule has 1 aliphatic carbocycles. The molecule has 0 fully saturated rings. The maximum atomic E-state index is 12.4. The van der Waals surface area contributed by atoms with Gasteiger partial charge in [-0.25, -0.2) is 0 Å². The third-order valence-corrected chi connectivity index (χ3v) is 5.64. The van der Waals surface area contributed by atoms with Crippen molar-refractivity contribution in [2.75, 3.05) is 0 Å². The zero-order valence-corrected chi connectivity index (χ0v) is 15.8. The van der Waals surface area contributed by atoms with Gasteiger partial charge in [0.05, 0.1) is 0 Å². The summed E-state index contributed by atoms with van der Waals surface area (Å²) >= 11 is 3.44. The Morgan fingerprint density at radius 3 is 2.17 bits per heavy atom. The minimum absolute atomic E-state index is 0.0619. The van der Waals surface area contributed by atoms with Crippen LogP contribution >= 0.6 is 23.1 Å². The summed E-state index contributed by atoms with van der Waals surface area (Å²) in [6.07, 6.45) is 6.89. The van der Waals surface area contributed by atoms with Crippen molar-refractivity contribution < 1.29 is 10.2 Å². The highest BCUT2D eigenvalue weighted by molar-refractivity contribution is 8.06. The van der Waals surface area contributed by atoms with Crippen LogP contribution in [0.1, 0.15) is 29.2 Å². The van der Waals surface area contributed by atoms with Crippen LogP contribution < -0.4 is 5.11 Å². The van der Waals surface area contributed by atoms with E-state index >= 15 is 0 Å². The Morgan fingerprint density at radius 1 is 1.04 bits per heavy atom. The summed E-state index contributed by atoms with van der Waals surface area (Å²) in [4.78, 5) is 4.76. The maximum Gasteiger partial charge on any atom is 0.217 e. The van der Waals surface area contributed by atoms with Crippen molar-refractivity contribution in [1.82, 2.24) is 0 Å². The molecule has 0 saturated carbocycles. The molecular weight excluding hydrogens is 336 g/mol.